The van der Waals surface area contributed by atoms with Gasteiger partial charge >= 0.3 is 0 Å². The largest absolute Gasteiger partial charge is 0.494 e. The quantitative estimate of drug-likeness (QED) is 0.591. The maximum absolute atomic E-state index is 12.0. The van der Waals surface area contributed by atoms with Crippen LogP contribution in [-0.2, 0) is 0 Å². The van der Waals surface area contributed by atoms with E-state index in [0.29, 0.717) is 23.2 Å². The number of aliphatic hydroxyl groups excluding tert-OH is 1. The number of carbonyl (C=O) groups is 1. The van der Waals surface area contributed by atoms with Gasteiger partial charge < -0.3 is 20.1 Å². The van der Waals surface area contributed by atoms with Gasteiger partial charge in [0.15, 0.2) is 11.0 Å². The molecular formula is C22H29ClN4O3. The molecule has 0 atom stereocenters. The Hall–Kier alpha value is -2.38. The van der Waals surface area contributed by atoms with Crippen molar-refractivity contribution >= 4 is 23.3 Å². The Bertz CT molecular complexity index is 824. The molecule has 0 aliphatic carbocycles. The number of carbonyl (C=O) groups excluding carboxylic acids is 1. The van der Waals surface area contributed by atoms with E-state index in [4.69, 9.17) is 21.4 Å². The smallest absolute Gasteiger partial charge is 0.251 e. The lowest BCUT2D eigenvalue weighted by Gasteiger charge is -2.32. The third-order valence-electron chi connectivity index (χ3n) is 5.42. The van der Waals surface area contributed by atoms with Gasteiger partial charge in [0.2, 0.25) is 0 Å². The Kier molecular flexibility index (Phi) is 8.28. The molecule has 0 spiro atoms. The van der Waals surface area contributed by atoms with Crippen molar-refractivity contribution in [1.82, 2.24) is 15.5 Å². The number of anilines is 1. The average molecular weight is 433 g/mol. The zero-order chi connectivity index (χ0) is 21.3. The van der Waals surface area contributed by atoms with Gasteiger partial charge in [0.25, 0.3) is 5.91 Å². The first-order valence-corrected chi connectivity index (χ1v) is 10.8. The van der Waals surface area contributed by atoms with E-state index >= 15 is 0 Å². The topological polar surface area (TPSA) is 87.6 Å². The Morgan fingerprint density at radius 1 is 1.27 bits per heavy atom. The second-order valence-electron chi connectivity index (χ2n) is 7.59. The van der Waals surface area contributed by atoms with Crippen LogP contribution in [0, 0.1) is 12.8 Å². The molecule has 1 aromatic carbocycles. The van der Waals surface area contributed by atoms with Gasteiger partial charge in [-0.3, -0.25) is 4.79 Å². The van der Waals surface area contributed by atoms with Crippen molar-refractivity contribution in [2.24, 2.45) is 5.92 Å². The van der Waals surface area contributed by atoms with Crippen molar-refractivity contribution in [3.63, 3.8) is 0 Å². The van der Waals surface area contributed by atoms with E-state index in [0.717, 1.165) is 55.9 Å². The van der Waals surface area contributed by atoms with Gasteiger partial charge in [-0.05, 0) is 74.4 Å². The number of hydrogen-bond acceptors (Lipinski definition) is 6. The number of aromatic nitrogens is 2. The van der Waals surface area contributed by atoms with Crippen LogP contribution in [0.1, 0.15) is 41.6 Å². The number of ether oxygens (including phenoxy) is 1. The molecule has 0 saturated carbocycles. The predicted octanol–water partition coefficient (Wildman–Crippen LogP) is 3.24. The van der Waals surface area contributed by atoms with Crippen molar-refractivity contribution in [3.8, 4) is 5.75 Å². The molecule has 7 nitrogen and oxygen atoms in total. The molecule has 1 aliphatic heterocycles. The van der Waals surface area contributed by atoms with Crippen LogP contribution in [0.4, 0.5) is 5.82 Å². The van der Waals surface area contributed by atoms with E-state index in [2.05, 4.69) is 20.4 Å². The molecule has 1 amide bonds. The minimum absolute atomic E-state index is 0.0692. The molecule has 1 fully saturated rings. The summed E-state index contributed by atoms with van der Waals surface area (Å²) < 4.78 is 5.88. The molecule has 8 heteroatoms. The van der Waals surface area contributed by atoms with E-state index in [-0.39, 0.29) is 19.1 Å². The highest BCUT2D eigenvalue weighted by molar-refractivity contribution is 6.29. The van der Waals surface area contributed by atoms with Crippen LogP contribution in [0.5, 0.6) is 5.75 Å². The molecule has 2 N–H and O–H groups in total. The van der Waals surface area contributed by atoms with Crippen LogP contribution in [0.25, 0.3) is 0 Å². The number of amides is 1. The first-order valence-electron chi connectivity index (χ1n) is 10.4. The summed E-state index contributed by atoms with van der Waals surface area (Å²) in [5.74, 6) is 2.20. The fourth-order valence-corrected chi connectivity index (χ4v) is 3.84. The number of nitrogens with one attached hydrogen (secondary N) is 1. The summed E-state index contributed by atoms with van der Waals surface area (Å²) in [5, 5.41) is 20.0. The molecule has 3 rings (SSSR count). The van der Waals surface area contributed by atoms with Gasteiger partial charge in [0.1, 0.15) is 5.75 Å². The Morgan fingerprint density at radius 2 is 2.07 bits per heavy atom. The summed E-state index contributed by atoms with van der Waals surface area (Å²) in [4.78, 5) is 14.3. The van der Waals surface area contributed by atoms with Crippen LogP contribution in [0.2, 0.25) is 5.15 Å². The fourth-order valence-electron chi connectivity index (χ4n) is 3.74. The Balaban J connectivity index is 1.37. The number of nitrogens with zero attached hydrogens (tertiary/aromatic N) is 3. The zero-order valence-electron chi connectivity index (χ0n) is 17.3. The predicted molar refractivity (Wildman–Crippen MR) is 117 cm³/mol. The minimum Gasteiger partial charge on any atom is -0.494 e. The molecule has 30 heavy (non-hydrogen) atoms. The number of benzene rings is 1. The van der Waals surface area contributed by atoms with Gasteiger partial charge in [0, 0.05) is 25.2 Å². The van der Waals surface area contributed by atoms with Crippen LogP contribution in [0.3, 0.4) is 0 Å². The lowest BCUT2D eigenvalue weighted by Crippen LogP contribution is -2.34. The first kappa shape index (κ1) is 22.3. The highest BCUT2D eigenvalue weighted by Gasteiger charge is 2.20. The number of rotatable bonds is 9. The van der Waals surface area contributed by atoms with Crippen LogP contribution in [0.15, 0.2) is 30.3 Å². The molecule has 2 heterocycles. The zero-order valence-corrected chi connectivity index (χ0v) is 18.1. The summed E-state index contributed by atoms with van der Waals surface area (Å²) in [6.45, 7) is 4.71. The highest BCUT2D eigenvalue weighted by atomic mass is 35.5. The van der Waals surface area contributed by atoms with Gasteiger partial charge in [-0.25, -0.2) is 0 Å². The first-order chi connectivity index (χ1) is 14.6. The maximum Gasteiger partial charge on any atom is 0.251 e. The lowest BCUT2D eigenvalue weighted by atomic mass is 9.92. The second-order valence-corrected chi connectivity index (χ2v) is 7.98. The fraction of sp³-hybridized carbons (Fsp3) is 0.500. The summed E-state index contributed by atoms with van der Waals surface area (Å²) in [6, 6.07) is 9.19. The van der Waals surface area contributed by atoms with E-state index in [1.165, 1.54) is 0 Å². The van der Waals surface area contributed by atoms with Gasteiger partial charge in [-0.1, -0.05) is 11.6 Å². The van der Waals surface area contributed by atoms with Gasteiger partial charge in [-0.2, -0.15) is 0 Å². The molecule has 1 saturated heterocycles. The molecule has 0 bridgehead atoms. The third kappa shape index (κ3) is 6.31. The van der Waals surface area contributed by atoms with Crippen LogP contribution in [-0.4, -0.2) is 54.1 Å². The molecule has 1 aromatic heterocycles. The van der Waals surface area contributed by atoms with Crippen molar-refractivity contribution < 1.29 is 14.6 Å². The SMILES string of the molecule is Cc1cc(OCCCC2CCN(c3ccc(Cl)nn3)CC2)ccc1C(=O)NCCO. The molecule has 2 aromatic rings. The standard InChI is InChI=1S/C22H29ClN4O3/c1-16-15-18(4-5-19(16)22(29)24-10-13-28)30-14-2-3-17-8-11-27(12-9-17)21-7-6-20(23)25-26-21/h4-7,15,17,28H,2-3,8-14H2,1H3,(H,24,29). The Morgan fingerprint density at radius 3 is 2.73 bits per heavy atom. The number of piperidine rings is 1. The van der Waals surface area contributed by atoms with E-state index < -0.39 is 0 Å². The summed E-state index contributed by atoms with van der Waals surface area (Å²) in [6.07, 6.45) is 4.42. The molecule has 0 unspecified atom stereocenters. The monoisotopic (exact) mass is 432 g/mol. The lowest BCUT2D eigenvalue weighted by molar-refractivity contribution is 0.0944. The van der Waals surface area contributed by atoms with Crippen LogP contribution < -0.4 is 15.0 Å². The summed E-state index contributed by atoms with van der Waals surface area (Å²) in [5.41, 5.74) is 1.47. The van der Waals surface area contributed by atoms with E-state index in [9.17, 15) is 4.79 Å². The van der Waals surface area contributed by atoms with Crippen molar-refractivity contribution in [2.45, 2.75) is 32.6 Å². The molecule has 0 radical (unpaired) electrons. The minimum atomic E-state index is -0.177. The highest BCUT2D eigenvalue weighted by Crippen LogP contribution is 2.25. The number of aliphatic hydroxyl groups is 1. The van der Waals surface area contributed by atoms with Crippen LogP contribution >= 0.6 is 11.6 Å². The van der Waals surface area contributed by atoms with E-state index in [1.807, 2.05) is 25.1 Å². The summed E-state index contributed by atoms with van der Waals surface area (Å²) in [7, 11) is 0. The molecule has 162 valence electrons. The third-order valence-corrected chi connectivity index (χ3v) is 5.62. The maximum atomic E-state index is 12.0. The summed E-state index contributed by atoms with van der Waals surface area (Å²) >= 11 is 5.81. The van der Waals surface area contributed by atoms with Gasteiger partial charge in [0.05, 0.1) is 13.2 Å². The second kappa shape index (κ2) is 11.1. The molecule has 1 aliphatic rings. The normalized spacial score (nSPS) is 14.6. The number of aryl methyl sites for hydroxylation is 1. The molecular weight excluding hydrogens is 404 g/mol. The van der Waals surface area contributed by atoms with Crippen molar-refractivity contribution in [2.75, 3.05) is 37.7 Å². The van der Waals surface area contributed by atoms with Crippen molar-refractivity contribution in [1.29, 1.82) is 0 Å². The van der Waals surface area contributed by atoms with Gasteiger partial charge in [-0.15, -0.1) is 10.2 Å². The number of halogens is 1. The Labute approximate surface area is 182 Å². The van der Waals surface area contributed by atoms with E-state index in [1.54, 1.807) is 12.1 Å². The van der Waals surface area contributed by atoms with Crippen molar-refractivity contribution in [3.05, 3.63) is 46.6 Å². The number of hydrogen-bond donors (Lipinski definition) is 2. The average Bonchev–Trinajstić information content (AvgIpc) is 2.76.